The van der Waals surface area contributed by atoms with Crippen molar-refractivity contribution in [2.45, 2.75) is 0 Å². The van der Waals surface area contributed by atoms with Crippen molar-refractivity contribution in [2.24, 2.45) is 0 Å². The van der Waals surface area contributed by atoms with Gasteiger partial charge in [-0.25, -0.2) is 14.6 Å². The van der Waals surface area contributed by atoms with Gasteiger partial charge in [-0.2, -0.15) is 0 Å². The molecule has 0 saturated carbocycles. The van der Waals surface area contributed by atoms with Gasteiger partial charge in [-0.05, 0) is 24.3 Å². The second-order valence-electron chi connectivity index (χ2n) is 5.06. The maximum atomic E-state index is 11.1. The molecular formula is C18H12N2O4. The van der Waals surface area contributed by atoms with Crippen LogP contribution in [0.25, 0.3) is 22.5 Å². The van der Waals surface area contributed by atoms with Crippen LogP contribution in [0.5, 0.6) is 0 Å². The van der Waals surface area contributed by atoms with Crippen molar-refractivity contribution < 1.29 is 19.8 Å². The van der Waals surface area contributed by atoms with E-state index in [1.165, 1.54) is 36.7 Å². The molecule has 0 aliphatic carbocycles. The van der Waals surface area contributed by atoms with Crippen LogP contribution in [0.4, 0.5) is 0 Å². The topological polar surface area (TPSA) is 100 Å². The van der Waals surface area contributed by atoms with Gasteiger partial charge >= 0.3 is 11.9 Å². The molecule has 0 radical (unpaired) electrons. The second-order valence-corrected chi connectivity index (χ2v) is 5.06. The van der Waals surface area contributed by atoms with Crippen LogP contribution in [-0.2, 0) is 0 Å². The summed E-state index contributed by atoms with van der Waals surface area (Å²) in [5.74, 6) is -2.04. The summed E-state index contributed by atoms with van der Waals surface area (Å²) in [4.78, 5) is 30.8. The average Bonchev–Trinajstić information content (AvgIpc) is 2.62. The molecule has 0 saturated heterocycles. The number of aromatic nitrogens is 2. The third-order valence-corrected chi connectivity index (χ3v) is 3.45. The molecule has 3 aromatic rings. The Bertz CT molecular complexity index is 865. The van der Waals surface area contributed by atoms with Gasteiger partial charge in [-0.1, -0.05) is 24.3 Å². The van der Waals surface area contributed by atoms with Crippen LogP contribution in [0, 0.1) is 0 Å². The predicted octanol–water partition coefficient (Wildman–Crippen LogP) is 3.21. The molecule has 6 nitrogen and oxygen atoms in total. The van der Waals surface area contributed by atoms with Gasteiger partial charge in [0.2, 0.25) is 0 Å². The molecule has 118 valence electrons. The van der Waals surface area contributed by atoms with Crippen LogP contribution in [-0.4, -0.2) is 32.1 Å². The van der Waals surface area contributed by atoms with Crippen molar-refractivity contribution in [1.29, 1.82) is 0 Å². The number of benzene rings is 2. The van der Waals surface area contributed by atoms with Gasteiger partial charge in [0.25, 0.3) is 0 Å². The van der Waals surface area contributed by atoms with Gasteiger partial charge < -0.3 is 10.2 Å². The third kappa shape index (κ3) is 3.12. The van der Waals surface area contributed by atoms with Gasteiger partial charge in [0.1, 0.15) is 0 Å². The van der Waals surface area contributed by atoms with Gasteiger partial charge in [0.15, 0.2) is 0 Å². The highest BCUT2D eigenvalue weighted by molar-refractivity contribution is 5.90. The number of nitrogens with zero attached hydrogens (tertiary/aromatic N) is 2. The highest BCUT2D eigenvalue weighted by Gasteiger charge is 2.09. The van der Waals surface area contributed by atoms with E-state index < -0.39 is 11.9 Å². The SMILES string of the molecule is O=C(O)c1cccc(-c2cncc(-c3cccc(C(=O)O)c3)n2)c1. The zero-order valence-electron chi connectivity index (χ0n) is 12.4. The van der Waals surface area contributed by atoms with Crippen LogP contribution in [0.1, 0.15) is 20.7 Å². The van der Waals surface area contributed by atoms with Gasteiger partial charge in [-0.3, -0.25) is 4.98 Å². The summed E-state index contributed by atoms with van der Waals surface area (Å²) in [7, 11) is 0. The molecule has 2 N–H and O–H groups in total. The molecule has 0 unspecified atom stereocenters. The lowest BCUT2D eigenvalue weighted by Crippen LogP contribution is -1.98. The van der Waals surface area contributed by atoms with Gasteiger partial charge in [0, 0.05) is 11.1 Å². The summed E-state index contributed by atoms with van der Waals surface area (Å²) in [5.41, 5.74) is 2.59. The van der Waals surface area contributed by atoms with E-state index in [9.17, 15) is 9.59 Å². The van der Waals surface area contributed by atoms with E-state index in [-0.39, 0.29) is 11.1 Å². The van der Waals surface area contributed by atoms with E-state index in [1.807, 2.05) is 0 Å². The number of carbonyl (C=O) groups is 2. The molecule has 1 aromatic heterocycles. The second kappa shape index (κ2) is 6.29. The van der Waals surface area contributed by atoms with Crippen molar-refractivity contribution in [3.8, 4) is 22.5 Å². The normalized spacial score (nSPS) is 10.3. The zero-order chi connectivity index (χ0) is 17.1. The summed E-state index contributed by atoms with van der Waals surface area (Å²) >= 11 is 0. The lowest BCUT2D eigenvalue weighted by atomic mass is 10.1. The van der Waals surface area contributed by atoms with Crippen molar-refractivity contribution in [1.82, 2.24) is 9.97 Å². The van der Waals surface area contributed by atoms with Gasteiger partial charge in [-0.15, -0.1) is 0 Å². The van der Waals surface area contributed by atoms with Crippen molar-refractivity contribution >= 4 is 11.9 Å². The minimum atomic E-state index is -1.02. The lowest BCUT2D eigenvalue weighted by Gasteiger charge is -2.06. The number of carboxylic acid groups (broad SMARTS) is 2. The summed E-state index contributed by atoms with van der Waals surface area (Å²) in [6.45, 7) is 0. The minimum Gasteiger partial charge on any atom is -0.478 e. The molecule has 0 fully saturated rings. The first-order valence-corrected chi connectivity index (χ1v) is 7.04. The third-order valence-electron chi connectivity index (χ3n) is 3.45. The fraction of sp³-hybridized carbons (Fsp3) is 0. The largest absolute Gasteiger partial charge is 0.478 e. The Morgan fingerprint density at radius 1 is 0.750 bits per heavy atom. The number of hydrogen-bond donors (Lipinski definition) is 2. The van der Waals surface area contributed by atoms with Crippen molar-refractivity contribution in [2.75, 3.05) is 0 Å². The molecule has 24 heavy (non-hydrogen) atoms. The molecule has 0 amide bonds. The molecule has 0 aliphatic rings. The van der Waals surface area contributed by atoms with Crippen molar-refractivity contribution in [3.63, 3.8) is 0 Å². The van der Waals surface area contributed by atoms with E-state index in [0.717, 1.165) is 0 Å². The number of rotatable bonds is 4. The van der Waals surface area contributed by atoms with E-state index in [1.54, 1.807) is 24.3 Å². The first kappa shape index (κ1) is 15.4. The zero-order valence-corrected chi connectivity index (χ0v) is 12.4. The fourth-order valence-corrected chi connectivity index (χ4v) is 2.27. The van der Waals surface area contributed by atoms with Crippen LogP contribution in [0.3, 0.4) is 0 Å². The fourth-order valence-electron chi connectivity index (χ4n) is 2.27. The number of aromatic carboxylic acids is 2. The maximum Gasteiger partial charge on any atom is 0.335 e. The Kier molecular flexibility index (Phi) is 4.03. The lowest BCUT2D eigenvalue weighted by molar-refractivity contribution is 0.0686. The molecule has 3 rings (SSSR count). The van der Waals surface area contributed by atoms with Crippen LogP contribution in [0.2, 0.25) is 0 Å². The molecule has 6 heteroatoms. The predicted molar refractivity (Wildman–Crippen MR) is 86.8 cm³/mol. The van der Waals surface area contributed by atoms with Crippen molar-refractivity contribution in [3.05, 3.63) is 72.1 Å². The van der Waals surface area contributed by atoms with Crippen LogP contribution >= 0.6 is 0 Å². The Morgan fingerprint density at radius 3 is 1.62 bits per heavy atom. The van der Waals surface area contributed by atoms with Gasteiger partial charge in [0.05, 0.1) is 34.9 Å². The monoisotopic (exact) mass is 320 g/mol. The first-order chi connectivity index (χ1) is 11.5. The molecular weight excluding hydrogens is 308 g/mol. The molecule has 2 aromatic carbocycles. The summed E-state index contributed by atoms with van der Waals surface area (Å²) in [6, 6.07) is 12.8. The van der Waals surface area contributed by atoms with Crippen LogP contribution in [0.15, 0.2) is 60.9 Å². The highest BCUT2D eigenvalue weighted by atomic mass is 16.4. The summed E-state index contributed by atoms with van der Waals surface area (Å²) in [6.07, 6.45) is 3.07. The summed E-state index contributed by atoms with van der Waals surface area (Å²) < 4.78 is 0. The average molecular weight is 320 g/mol. The van der Waals surface area contributed by atoms with Crippen LogP contribution < -0.4 is 0 Å². The Balaban J connectivity index is 2.04. The van der Waals surface area contributed by atoms with E-state index in [0.29, 0.717) is 22.5 Å². The maximum absolute atomic E-state index is 11.1. The summed E-state index contributed by atoms with van der Waals surface area (Å²) in [5, 5.41) is 18.2. The Labute approximate surface area is 137 Å². The van der Waals surface area contributed by atoms with E-state index >= 15 is 0 Å². The van der Waals surface area contributed by atoms with E-state index in [2.05, 4.69) is 9.97 Å². The molecule has 0 aliphatic heterocycles. The quantitative estimate of drug-likeness (QED) is 0.765. The molecule has 1 heterocycles. The smallest absolute Gasteiger partial charge is 0.335 e. The number of carboxylic acids is 2. The molecule has 0 bridgehead atoms. The first-order valence-electron chi connectivity index (χ1n) is 7.04. The standard InChI is InChI=1S/C18H12N2O4/c21-17(22)13-5-1-3-11(7-13)15-9-19-10-16(20-15)12-4-2-6-14(8-12)18(23)24/h1-10H,(H,21,22)(H,23,24). The Morgan fingerprint density at radius 2 is 1.21 bits per heavy atom. The number of hydrogen-bond acceptors (Lipinski definition) is 4. The van der Waals surface area contributed by atoms with E-state index in [4.69, 9.17) is 10.2 Å². The minimum absolute atomic E-state index is 0.160. The molecule has 0 atom stereocenters. The Hall–Kier alpha value is -3.54. The molecule has 0 spiro atoms. The highest BCUT2D eigenvalue weighted by Crippen LogP contribution is 2.23.